The lowest BCUT2D eigenvalue weighted by Gasteiger charge is -2.20. The Labute approximate surface area is 106 Å². The summed E-state index contributed by atoms with van der Waals surface area (Å²) in [5.74, 6) is -0.233. The molecular weight excluding hydrogens is 226 g/mol. The first-order valence-corrected chi connectivity index (χ1v) is 6.26. The number of ether oxygens (including phenoxy) is 1. The first-order chi connectivity index (χ1) is 8.81. The molecule has 2 aromatic rings. The number of aryl methyl sites for hydroxylation is 1. The molecule has 3 heteroatoms. The molecule has 3 nitrogen and oxygen atoms in total. The number of esters is 1. The van der Waals surface area contributed by atoms with Gasteiger partial charge in [-0.1, -0.05) is 24.3 Å². The van der Waals surface area contributed by atoms with Gasteiger partial charge in [0.15, 0.2) is 0 Å². The Kier molecular flexibility index (Phi) is 2.67. The molecule has 1 aromatic carbocycles. The maximum Gasteiger partial charge on any atom is 0.354 e. The predicted molar refractivity (Wildman–Crippen MR) is 69.5 cm³/mol. The van der Waals surface area contributed by atoms with E-state index in [0.29, 0.717) is 12.3 Å². The van der Waals surface area contributed by atoms with Gasteiger partial charge >= 0.3 is 5.97 Å². The topological polar surface area (TPSA) is 31.2 Å². The summed E-state index contributed by atoms with van der Waals surface area (Å²) in [7, 11) is 0. The molecule has 18 heavy (non-hydrogen) atoms. The molecule has 0 bridgehead atoms. The van der Waals surface area contributed by atoms with E-state index in [1.165, 1.54) is 11.1 Å². The first kappa shape index (κ1) is 11.1. The third-order valence-electron chi connectivity index (χ3n) is 3.36. The summed E-state index contributed by atoms with van der Waals surface area (Å²) < 4.78 is 7.14. The average molecular weight is 241 g/mol. The average Bonchev–Trinajstić information content (AvgIpc) is 2.83. The van der Waals surface area contributed by atoms with Crippen LogP contribution in [-0.4, -0.2) is 17.1 Å². The molecule has 1 aliphatic heterocycles. The molecule has 0 radical (unpaired) electrons. The van der Waals surface area contributed by atoms with Crippen LogP contribution in [0.5, 0.6) is 0 Å². The Morgan fingerprint density at radius 1 is 1.28 bits per heavy atom. The lowest BCUT2D eigenvalue weighted by atomic mass is 9.99. The van der Waals surface area contributed by atoms with Crippen molar-refractivity contribution in [3.8, 4) is 11.3 Å². The zero-order chi connectivity index (χ0) is 12.5. The summed E-state index contributed by atoms with van der Waals surface area (Å²) in [6.07, 6.45) is 0.963. The third kappa shape index (κ3) is 1.63. The van der Waals surface area contributed by atoms with Gasteiger partial charge in [0.05, 0.1) is 6.61 Å². The van der Waals surface area contributed by atoms with E-state index in [2.05, 4.69) is 22.8 Å². The number of hydrogen-bond acceptors (Lipinski definition) is 2. The summed E-state index contributed by atoms with van der Waals surface area (Å²) in [6.45, 7) is 3.08. The molecule has 92 valence electrons. The van der Waals surface area contributed by atoms with Gasteiger partial charge in [0.2, 0.25) is 0 Å². The Morgan fingerprint density at radius 3 is 2.94 bits per heavy atom. The quantitative estimate of drug-likeness (QED) is 0.757. The maximum absolute atomic E-state index is 11.8. The normalized spacial score (nSPS) is 12.7. The van der Waals surface area contributed by atoms with Crippen LogP contribution in [0.2, 0.25) is 0 Å². The Bertz CT molecular complexity index is 598. The minimum absolute atomic E-state index is 0.233. The van der Waals surface area contributed by atoms with Crippen LogP contribution in [0, 0.1) is 0 Å². The maximum atomic E-state index is 11.8. The fourth-order valence-electron chi connectivity index (χ4n) is 2.55. The van der Waals surface area contributed by atoms with Crippen molar-refractivity contribution < 1.29 is 9.53 Å². The van der Waals surface area contributed by atoms with Crippen LogP contribution < -0.4 is 0 Å². The summed E-state index contributed by atoms with van der Waals surface area (Å²) in [5.41, 5.74) is 4.33. The van der Waals surface area contributed by atoms with Crippen LogP contribution >= 0.6 is 0 Å². The van der Waals surface area contributed by atoms with Gasteiger partial charge in [-0.3, -0.25) is 0 Å². The summed E-state index contributed by atoms with van der Waals surface area (Å²) in [6, 6.07) is 12.2. The molecule has 1 aromatic heterocycles. The minimum atomic E-state index is -0.233. The molecule has 0 fully saturated rings. The van der Waals surface area contributed by atoms with Gasteiger partial charge in [-0.2, -0.15) is 0 Å². The molecule has 0 amide bonds. The fourth-order valence-corrected chi connectivity index (χ4v) is 2.55. The van der Waals surface area contributed by atoms with Gasteiger partial charge in [0.25, 0.3) is 0 Å². The number of carbonyl (C=O) groups excluding carboxylic acids is 1. The monoisotopic (exact) mass is 241 g/mol. The first-order valence-electron chi connectivity index (χ1n) is 6.26. The molecule has 0 spiro atoms. The smallest absolute Gasteiger partial charge is 0.354 e. The molecule has 0 unspecified atom stereocenters. The van der Waals surface area contributed by atoms with Crippen LogP contribution in [-0.2, 0) is 17.7 Å². The molecular formula is C15H15NO2. The number of carbonyl (C=O) groups is 1. The van der Waals surface area contributed by atoms with E-state index in [9.17, 15) is 4.79 Å². The number of rotatable bonds is 2. The van der Waals surface area contributed by atoms with Crippen molar-refractivity contribution in [3.63, 3.8) is 0 Å². The third-order valence-corrected chi connectivity index (χ3v) is 3.36. The van der Waals surface area contributed by atoms with Crippen molar-refractivity contribution in [2.24, 2.45) is 0 Å². The second kappa shape index (κ2) is 4.33. The van der Waals surface area contributed by atoms with Crippen LogP contribution in [0.15, 0.2) is 36.4 Å². The predicted octanol–water partition coefficient (Wildman–Crippen LogP) is 2.89. The molecule has 0 atom stereocenters. The second-order valence-electron chi connectivity index (χ2n) is 4.38. The van der Waals surface area contributed by atoms with E-state index >= 15 is 0 Å². The van der Waals surface area contributed by atoms with Crippen LogP contribution in [0.3, 0.4) is 0 Å². The molecule has 0 aliphatic carbocycles. The molecule has 0 N–H and O–H groups in total. The van der Waals surface area contributed by atoms with Crippen molar-refractivity contribution in [2.75, 3.05) is 6.61 Å². The summed E-state index contributed by atoms with van der Waals surface area (Å²) in [4.78, 5) is 11.8. The van der Waals surface area contributed by atoms with E-state index in [1.807, 2.05) is 25.1 Å². The highest BCUT2D eigenvalue weighted by atomic mass is 16.5. The van der Waals surface area contributed by atoms with Gasteiger partial charge in [0.1, 0.15) is 5.69 Å². The zero-order valence-electron chi connectivity index (χ0n) is 10.3. The second-order valence-corrected chi connectivity index (χ2v) is 4.38. The van der Waals surface area contributed by atoms with Crippen molar-refractivity contribution in [3.05, 3.63) is 47.7 Å². The highest BCUT2D eigenvalue weighted by Gasteiger charge is 2.21. The van der Waals surface area contributed by atoms with Crippen molar-refractivity contribution in [1.29, 1.82) is 0 Å². The van der Waals surface area contributed by atoms with Gasteiger partial charge in [-0.25, -0.2) is 4.79 Å². The van der Waals surface area contributed by atoms with Gasteiger partial charge in [0, 0.05) is 17.8 Å². The highest BCUT2D eigenvalue weighted by Crippen LogP contribution is 2.31. The largest absolute Gasteiger partial charge is 0.461 e. The lowest BCUT2D eigenvalue weighted by molar-refractivity contribution is 0.0514. The van der Waals surface area contributed by atoms with Crippen molar-refractivity contribution >= 4 is 5.97 Å². The molecule has 2 heterocycles. The van der Waals surface area contributed by atoms with Crippen LogP contribution in [0.4, 0.5) is 0 Å². The molecule has 3 rings (SSSR count). The van der Waals surface area contributed by atoms with Crippen LogP contribution in [0.25, 0.3) is 11.3 Å². The summed E-state index contributed by atoms with van der Waals surface area (Å²) >= 11 is 0. The SMILES string of the molecule is CCOC(=O)c1ccc2n1CCc1ccccc1-2. The van der Waals surface area contributed by atoms with E-state index in [1.54, 1.807) is 0 Å². The highest BCUT2D eigenvalue weighted by molar-refractivity contribution is 5.89. The van der Waals surface area contributed by atoms with Gasteiger partial charge in [-0.05, 0) is 31.0 Å². The van der Waals surface area contributed by atoms with E-state index < -0.39 is 0 Å². The standard InChI is InChI=1S/C15H15NO2/c1-2-18-15(17)14-8-7-13-12-6-4-3-5-11(12)9-10-16(13)14/h3-8H,2,9-10H2,1H3. The van der Waals surface area contributed by atoms with Crippen LogP contribution in [0.1, 0.15) is 23.0 Å². The van der Waals surface area contributed by atoms with Gasteiger partial charge < -0.3 is 9.30 Å². The molecule has 1 aliphatic rings. The number of benzene rings is 1. The number of nitrogens with zero attached hydrogens (tertiary/aromatic N) is 1. The number of fused-ring (bicyclic) bond motifs is 3. The number of aromatic nitrogens is 1. The Hall–Kier alpha value is -2.03. The number of hydrogen-bond donors (Lipinski definition) is 0. The van der Waals surface area contributed by atoms with Crippen molar-refractivity contribution in [2.45, 2.75) is 19.9 Å². The lowest BCUT2D eigenvalue weighted by Crippen LogP contribution is -2.17. The Morgan fingerprint density at radius 2 is 2.11 bits per heavy atom. The molecule has 0 saturated carbocycles. The Balaban J connectivity index is 2.07. The van der Waals surface area contributed by atoms with E-state index in [0.717, 1.165) is 18.7 Å². The fraction of sp³-hybridized carbons (Fsp3) is 0.267. The van der Waals surface area contributed by atoms with E-state index in [4.69, 9.17) is 4.74 Å². The van der Waals surface area contributed by atoms with E-state index in [-0.39, 0.29) is 5.97 Å². The molecule has 0 saturated heterocycles. The zero-order valence-corrected chi connectivity index (χ0v) is 10.3. The summed E-state index contributed by atoms with van der Waals surface area (Å²) in [5, 5.41) is 0. The van der Waals surface area contributed by atoms with Gasteiger partial charge in [-0.15, -0.1) is 0 Å². The van der Waals surface area contributed by atoms with Crippen molar-refractivity contribution in [1.82, 2.24) is 4.57 Å². The minimum Gasteiger partial charge on any atom is -0.461 e.